The predicted molar refractivity (Wildman–Crippen MR) is 71.8 cm³/mol. The minimum Gasteiger partial charge on any atom is -0.506 e. The minimum absolute atomic E-state index is 0.180. The molecule has 88 valence electrons. The van der Waals surface area contributed by atoms with Crippen molar-refractivity contribution in [3.63, 3.8) is 0 Å². The topological polar surface area (TPSA) is 20.2 Å². The predicted octanol–water partition coefficient (Wildman–Crippen LogP) is 4.25. The second-order valence-electron chi connectivity index (χ2n) is 4.41. The summed E-state index contributed by atoms with van der Waals surface area (Å²) in [6, 6.07) is 12.2. The Balaban J connectivity index is 2.27. The largest absolute Gasteiger partial charge is 0.506 e. The number of aromatic hydroxyl groups is 1. The number of halogens is 1. The molecule has 0 spiro atoms. The molecule has 2 aromatic carbocycles. The molecule has 1 N–H and O–H groups in total. The Morgan fingerprint density at radius 3 is 2.24 bits per heavy atom. The van der Waals surface area contributed by atoms with Gasteiger partial charge in [0.1, 0.15) is 5.75 Å². The molecule has 0 unspecified atom stereocenters. The SMILES string of the molecule is Cc1ccc(Cc2cc(C)c(O)c(Cl)c2)cc1. The zero-order valence-electron chi connectivity index (χ0n) is 10.00. The third kappa shape index (κ3) is 2.80. The molecule has 0 radical (unpaired) electrons. The van der Waals surface area contributed by atoms with Crippen LogP contribution in [0.4, 0.5) is 0 Å². The van der Waals surface area contributed by atoms with Gasteiger partial charge < -0.3 is 5.11 Å². The van der Waals surface area contributed by atoms with Gasteiger partial charge in [0.15, 0.2) is 0 Å². The first-order valence-electron chi connectivity index (χ1n) is 5.60. The highest BCUT2D eigenvalue weighted by molar-refractivity contribution is 6.32. The number of phenolic OH excluding ortho intramolecular Hbond substituents is 1. The minimum atomic E-state index is 0.180. The summed E-state index contributed by atoms with van der Waals surface area (Å²) in [5, 5.41) is 10.0. The van der Waals surface area contributed by atoms with Crippen molar-refractivity contribution >= 4 is 11.6 Å². The van der Waals surface area contributed by atoms with E-state index in [1.165, 1.54) is 11.1 Å². The maximum atomic E-state index is 9.60. The van der Waals surface area contributed by atoms with Crippen LogP contribution in [0.5, 0.6) is 5.75 Å². The number of phenols is 1. The van der Waals surface area contributed by atoms with Gasteiger partial charge in [-0.3, -0.25) is 0 Å². The van der Waals surface area contributed by atoms with Crippen LogP contribution in [0.25, 0.3) is 0 Å². The molecule has 0 fully saturated rings. The fourth-order valence-electron chi connectivity index (χ4n) is 1.85. The fraction of sp³-hybridized carbons (Fsp3) is 0.200. The molecule has 17 heavy (non-hydrogen) atoms. The summed E-state index contributed by atoms with van der Waals surface area (Å²) in [5.41, 5.74) is 4.44. The first-order chi connectivity index (χ1) is 8.06. The lowest BCUT2D eigenvalue weighted by molar-refractivity contribution is 0.471. The van der Waals surface area contributed by atoms with Gasteiger partial charge in [0.2, 0.25) is 0 Å². The van der Waals surface area contributed by atoms with Crippen molar-refractivity contribution in [3.05, 3.63) is 63.7 Å². The van der Waals surface area contributed by atoms with Gasteiger partial charge in [-0.1, -0.05) is 47.5 Å². The van der Waals surface area contributed by atoms with E-state index >= 15 is 0 Å². The van der Waals surface area contributed by atoms with E-state index in [0.29, 0.717) is 5.02 Å². The van der Waals surface area contributed by atoms with Crippen LogP contribution in [0.3, 0.4) is 0 Å². The summed E-state index contributed by atoms with van der Waals surface area (Å²) in [6.07, 6.45) is 0.834. The Labute approximate surface area is 107 Å². The molecule has 0 aromatic heterocycles. The molecule has 0 amide bonds. The number of aryl methyl sites for hydroxylation is 2. The molecule has 0 aliphatic carbocycles. The fourth-order valence-corrected chi connectivity index (χ4v) is 2.14. The van der Waals surface area contributed by atoms with E-state index in [4.69, 9.17) is 11.6 Å². The quantitative estimate of drug-likeness (QED) is 0.840. The summed E-state index contributed by atoms with van der Waals surface area (Å²) in [5.74, 6) is 0.180. The summed E-state index contributed by atoms with van der Waals surface area (Å²) < 4.78 is 0. The smallest absolute Gasteiger partial charge is 0.137 e. The zero-order chi connectivity index (χ0) is 12.4. The van der Waals surface area contributed by atoms with Crippen LogP contribution in [-0.4, -0.2) is 5.11 Å². The molecule has 0 saturated heterocycles. The number of rotatable bonds is 2. The van der Waals surface area contributed by atoms with E-state index < -0.39 is 0 Å². The molecule has 0 saturated carbocycles. The monoisotopic (exact) mass is 246 g/mol. The third-order valence-corrected chi connectivity index (χ3v) is 3.13. The standard InChI is InChI=1S/C15H15ClO/c1-10-3-5-12(6-4-10)8-13-7-11(2)15(17)14(16)9-13/h3-7,9,17H,8H2,1-2H3. The van der Waals surface area contributed by atoms with E-state index in [9.17, 15) is 5.11 Å². The van der Waals surface area contributed by atoms with Crippen LogP contribution < -0.4 is 0 Å². The van der Waals surface area contributed by atoms with E-state index in [1.54, 1.807) is 0 Å². The summed E-state index contributed by atoms with van der Waals surface area (Å²) in [7, 11) is 0. The number of hydrogen-bond donors (Lipinski definition) is 1. The average Bonchev–Trinajstić information content (AvgIpc) is 2.29. The van der Waals surface area contributed by atoms with Crippen molar-refractivity contribution in [1.29, 1.82) is 0 Å². The lowest BCUT2D eigenvalue weighted by atomic mass is 10.0. The van der Waals surface area contributed by atoms with Crippen molar-refractivity contribution in [2.75, 3.05) is 0 Å². The molecule has 2 heteroatoms. The van der Waals surface area contributed by atoms with E-state index in [-0.39, 0.29) is 5.75 Å². The lowest BCUT2D eigenvalue weighted by Gasteiger charge is -2.07. The average molecular weight is 247 g/mol. The second kappa shape index (κ2) is 4.80. The Morgan fingerprint density at radius 2 is 1.65 bits per heavy atom. The molecular weight excluding hydrogens is 232 g/mol. The van der Waals surface area contributed by atoms with Gasteiger partial charge in [-0.2, -0.15) is 0 Å². The number of hydrogen-bond acceptors (Lipinski definition) is 1. The van der Waals surface area contributed by atoms with Gasteiger partial charge in [-0.05, 0) is 43.0 Å². The van der Waals surface area contributed by atoms with Crippen LogP contribution >= 0.6 is 11.6 Å². The van der Waals surface area contributed by atoms with Gasteiger partial charge >= 0.3 is 0 Å². The zero-order valence-corrected chi connectivity index (χ0v) is 10.8. The molecule has 0 bridgehead atoms. The van der Waals surface area contributed by atoms with E-state index in [0.717, 1.165) is 17.5 Å². The van der Waals surface area contributed by atoms with Crippen molar-refractivity contribution in [2.45, 2.75) is 20.3 Å². The van der Waals surface area contributed by atoms with E-state index in [2.05, 4.69) is 31.2 Å². The van der Waals surface area contributed by atoms with Crippen molar-refractivity contribution in [1.82, 2.24) is 0 Å². The highest BCUT2D eigenvalue weighted by Gasteiger charge is 2.05. The first-order valence-corrected chi connectivity index (χ1v) is 5.97. The maximum absolute atomic E-state index is 9.60. The molecule has 0 aliphatic heterocycles. The van der Waals surface area contributed by atoms with Gasteiger partial charge in [0, 0.05) is 0 Å². The summed E-state index contributed by atoms with van der Waals surface area (Å²) >= 11 is 5.96. The van der Waals surface area contributed by atoms with Gasteiger partial charge in [0.05, 0.1) is 5.02 Å². The highest BCUT2D eigenvalue weighted by Crippen LogP contribution is 2.29. The second-order valence-corrected chi connectivity index (χ2v) is 4.81. The van der Waals surface area contributed by atoms with Gasteiger partial charge in [-0.25, -0.2) is 0 Å². The normalized spacial score (nSPS) is 10.5. The number of benzene rings is 2. The van der Waals surface area contributed by atoms with Crippen molar-refractivity contribution in [3.8, 4) is 5.75 Å². The molecular formula is C15H15ClO. The third-order valence-electron chi connectivity index (χ3n) is 2.84. The maximum Gasteiger partial charge on any atom is 0.137 e. The Kier molecular flexibility index (Phi) is 3.39. The molecule has 2 aromatic rings. The van der Waals surface area contributed by atoms with E-state index in [1.807, 2.05) is 19.1 Å². The van der Waals surface area contributed by atoms with Crippen LogP contribution in [0.1, 0.15) is 22.3 Å². The van der Waals surface area contributed by atoms with Crippen LogP contribution in [-0.2, 0) is 6.42 Å². The molecule has 0 aliphatic rings. The molecule has 1 nitrogen and oxygen atoms in total. The van der Waals surface area contributed by atoms with Crippen LogP contribution in [0, 0.1) is 13.8 Å². The Bertz CT molecular complexity index is 506. The summed E-state index contributed by atoms with van der Waals surface area (Å²) in [4.78, 5) is 0. The van der Waals surface area contributed by atoms with Crippen molar-refractivity contribution < 1.29 is 5.11 Å². The lowest BCUT2D eigenvalue weighted by Crippen LogP contribution is -1.90. The Hall–Kier alpha value is -1.47. The van der Waals surface area contributed by atoms with Crippen LogP contribution in [0.2, 0.25) is 5.02 Å². The molecule has 2 rings (SSSR count). The highest BCUT2D eigenvalue weighted by atomic mass is 35.5. The van der Waals surface area contributed by atoms with Crippen LogP contribution in [0.15, 0.2) is 36.4 Å². The molecule has 0 heterocycles. The molecule has 0 atom stereocenters. The van der Waals surface area contributed by atoms with Crippen molar-refractivity contribution in [2.24, 2.45) is 0 Å². The van der Waals surface area contributed by atoms with Gasteiger partial charge in [-0.15, -0.1) is 0 Å². The first kappa shape index (κ1) is 12.0. The summed E-state index contributed by atoms with van der Waals surface area (Å²) in [6.45, 7) is 3.94. The Morgan fingerprint density at radius 1 is 1.00 bits per heavy atom. The van der Waals surface area contributed by atoms with Gasteiger partial charge in [0.25, 0.3) is 0 Å².